The molecule has 2 aromatic rings. The van der Waals surface area contributed by atoms with Gasteiger partial charge in [-0.25, -0.2) is 24.7 Å². The molecule has 1 saturated heterocycles. The number of para-hydroxylation sites is 1. The number of aromatic nitrogens is 2. The summed E-state index contributed by atoms with van der Waals surface area (Å²) in [6.45, 7) is 0.700. The van der Waals surface area contributed by atoms with Crippen molar-refractivity contribution < 1.29 is 14.0 Å². The van der Waals surface area contributed by atoms with Crippen LogP contribution in [0, 0.1) is 5.82 Å². The molecule has 2 heterocycles. The molecule has 0 bridgehead atoms. The molecule has 0 aliphatic carbocycles. The maximum Gasteiger partial charge on any atom is 0.183 e. The molecule has 0 amide bonds. The van der Waals surface area contributed by atoms with E-state index in [-0.39, 0.29) is 17.6 Å². The predicted octanol–water partition coefficient (Wildman–Crippen LogP) is 2.64. The van der Waals surface area contributed by atoms with Crippen LogP contribution in [0.1, 0.15) is 19.3 Å². The van der Waals surface area contributed by atoms with Gasteiger partial charge in [0.25, 0.3) is 0 Å². The molecule has 0 radical (unpaired) electrons. The third kappa shape index (κ3) is 2.64. The van der Waals surface area contributed by atoms with Crippen LogP contribution in [0.25, 0.3) is 10.9 Å². The van der Waals surface area contributed by atoms with Gasteiger partial charge in [-0.1, -0.05) is 6.07 Å². The molecule has 6 heteroatoms. The SMILES string of the molecule is Fc1cccc2c(NOC3CCCCO3)ncnc12. The molecule has 1 fully saturated rings. The van der Waals surface area contributed by atoms with Crippen molar-refractivity contribution >= 4 is 16.7 Å². The van der Waals surface area contributed by atoms with Gasteiger partial charge in [0.05, 0.1) is 0 Å². The van der Waals surface area contributed by atoms with Gasteiger partial charge in [-0.05, 0) is 25.0 Å². The number of halogens is 1. The van der Waals surface area contributed by atoms with E-state index >= 15 is 0 Å². The number of nitrogens with one attached hydrogen (secondary N) is 1. The number of hydrogen-bond acceptors (Lipinski definition) is 5. The van der Waals surface area contributed by atoms with Crippen molar-refractivity contribution in [2.24, 2.45) is 0 Å². The van der Waals surface area contributed by atoms with Gasteiger partial charge in [0.1, 0.15) is 17.7 Å². The molecule has 19 heavy (non-hydrogen) atoms. The van der Waals surface area contributed by atoms with E-state index < -0.39 is 0 Å². The van der Waals surface area contributed by atoms with Crippen LogP contribution in [0.4, 0.5) is 10.2 Å². The summed E-state index contributed by atoms with van der Waals surface area (Å²) in [5.41, 5.74) is 3.01. The normalized spacial score (nSPS) is 19.5. The predicted molar refractivity (Wildman–Crippen MR) is 67.8 cm³/mol. The molecular weight excluding hydrogens is 249 g/mol. The molecule has 1 atom stereocenters. The van der Waals surface area contributed by atoms with Crippen LogP contribution in [0.15, 0.2) is 24.5 Å². The second-order valence-electron chi connectivity index (χ2n) is 4.37. The van der Waals surface area contributed by atoms with Crippen LogP contribution < -0.4 is 5.48 Å². The molecule has 0 spiro atoms. The maximum absolute atomic E-state index is 13.6. The third-order valence-electron chi connectivity index (χ3n) is 3.04. The van der Waals surface area contributed by atoms with Crippen molar-refractivity contribution in [1.82, 2.24) is 9.97 Å². The fourth-order valence-corrected chi connectivity index (χ4v) is 2.06. The number of fused-ring (bicyclic) bond motifs is 1. The van der Waals surface area contributed by atoms with Crippen LogP contribution in [-0.4, -0.2) is 22.9 Å². The Morgan fingerprint density at radius 3 is 3.11 bits per heavy atom. The zero-order valence-electron chi connectivity index (χ0n) is 10.3. The summed E-state index contributed by atoms with van der Waals surface area (Å²) < 4.78 is 19.0. The number of benzene rings is 1. The highest BCUT2D eigenvalue weighted by Crippen LogP contribution is 2.22. The van der Waals surface area contributed by atoms with Crippen molar-refractivity contribution in [2.45, 2.75) is 25.6 Å². The Balaban J connectivity index is 1.79. The van der Waals surface area contributed by atoms with Crippen molar-refractivity contribution in [3.63, 3.8) is 0 Å². The molecular formula is C13H14FN3O2. The van der Waals surface area contributed by atoms with E-state index in [9.17, 15) is 4.39 Å². The molecule has 0 saturated carbocycles. The standard InChI is InChI=1S/C13H14FN3O2/c14-10-5-3-4-9-12(10)15-8-16-13(9)17-19-11-6-1-2-7-18-11/h3-5,8,11H,1-2,6-7H2,(H,15,16,17). The largest absolute Gasteiger partial charge is 0.350 e. The number of rotatable bonds is 3. The number of anilines is 1. The Hall–Kier alpha value is -1.79. The smallest absolute Gasteiger partial charge is 0.183 e. The Labute approximate surface area is 109 Å². The third-order valence-corrected chi connectivity index (χ3v) is 3.04. The molecule has 5 nitrogen and oxygen atoms in total. The summed E-state index contributed by atoms with van der Waals surface area (Å²) in [7, 11) is 0. The lowest BCUT2D eigenvalue weighted by atomic mass is 10.2. The summed E-state index contributed by atoms with van der Waals surface area (Å²) in [6, 6.07) is 4.72. The van der Waals surface area contributed by atoms with Gasteiger partial charge in [-0.2, -0.15) is 0 Å². The Kier molecular flexibility index (Phi) is 3.52. The highest BCUT2D eigenvalue weighted by Gasteiger charge is 2.15. The molecule has 100 valence electrons. The van der Waals surface area contributed by atoms with Crippen molar-refractivity contribution in [3.05, 3.63) is 30.3 Å². The minimum absolute atomic E-state index is 0.271. The second-order valence-corrected chi connectivity index (χ2v) is 4.37. The van der Waals surface area contributed by atoms with Crippen LogP contribution in [-0.2, 0) is 9.57 Å². The first-order chi connectivity index (χ1) is 9.34. The van der Waals surface area contributed by atoms with Crippen LogP contribution in [0.5, 0.6) is 0 Å². The fraction of sp³-hybridized carbons (Fsp3) is 0.385. The van der Waals surface area contributed by atoms with Crippen molar-refractivity contribution in [1.29, 1.82) is 0 Å². The van der Waals surface area contributed by atoms with Gasteiger partial charge in [0.15, 0.2) is 12.1 Å². The van der Waals surface area contributed by atoms with E-state index in [1.165, 1.54) is 12.4 Å². The maximum atomic E-state index is 13.6. The van der Waals surface area contributed by atoms with Gasteiger partial charge in [0, 0.05) is 18.4 Å². The van der Waals surface area contributed by atoms with E-state index in [4.69, 9.17) is 9.57 Å². The van der Waals surface area contributed by atoms with E-state index in [1.54, 1.807) is 12.1 Å². The van der Waals surface area contributed by atoms with E-state index in [0.29, 0.717) is 17.8 Å². The molecule has 1 aliphatic heterocycles. The fourth-order valence-electron chi connectivity index (χ4n) is 2.06. The van der Waals surface area contributed by atoms with Crippen LogP contribution in [0.3, 0.4) is 0 Å². The molecule has 1 aliphatic rings. The summed E-state index contributed by atoms with van der Waals surface area (Å²) in [4.78, 5) is 13.4. The van der Waals surface area contributed by atoms with Gasteiger partial charge in [-0.15, -0.1) is 0 Å². The molecule has 1 aromatic heterocycles. The first-order valence-electron chi connectivity index (χ1n) is 6.27. The van der Waals surface area contributed by atoms with E-state index in [1.807, 2.05) is 0 Å². The van der Waals surface area contributed by atoms with Crippen LogP contribution in [0.2, 0.25) is 0 Å². The average Bonchev–Trinajstić information content (AvgIpc) is 2.47. The lowest BCUT2D eigenvalue weighted by Crippen LogP contribution is -2.25. The average molecular weight is 263 g/mol. The number of nitrogens with zero attached hydrogens (tertiary/aromatic N) is 2. The zero-order chi connectivity index (χ0) is 13.1. The highest BCUT2D eigenvalue weighted by molar-refractivity contribution is 5.88. The van der Waals surface area contributed by atoms with Crippen LogP contribution >= 0.6 is 0 Å². The zero-order valence-corrected chi connectivity index (χ0v) is 10.3. The summed E-state index contributed by atoms with van der Waals surface area (Å²) in [6.07, 6.45) is 3.99. The van der Waals surface area contributed by atoms with Crippen molar-refractivity contribution in [2.75, 3.05) is 12.1 Å². The quantitative estimate of drug-likeness (QED) is 0.863. The summed E-state index contributed by atoms with van der Waals surface area (Å²) in [5, 5.41) is 0.582. The minimum atomic E-state index is -0.378. The topological polar surface area (TPSA) is 56.3 Å². The van der Waals surface area contributed by atoms with E-state index in [0.717, 1.165) is 19.3 Å². The molecule has 1 N–H and O–H groups in total. The summed E-state index contributed by atoms with van der Waals surface area (Å²) >= 11 is 0. The molecule has 3 rings (SSSR count). The minimum Gasteiger partial charge on any atom is -0.350 e. The van der Waals surface area contributed by atoms with Crippen molar-refractivity contribution in [3.8, 4) is 0 Å². The van der Waals surface area contributed by atoms with Gasteiger partial charge >= 0.3 is 0 Å². The highest BCUT2D eigenvalue weighted by atomic mass is 19.1. The lowest BCUT2D eigenvalue weighted by molar-refractivity contribution is -0.145. The van der Waals surface area contributed by atoms with Gasteiger partial charge in [-0.3, -0.25) is 0 Å². The molecule has 1 unspecified atom stereocenters. The number of hydrogen-bond donors (Lipinski definition) is 1. The monoisotopic (exact) mass is 263 g/mol. The Bertz CT molecular complexity index is 573. The lowest BCUT2D eigenvalue weighted by Gasteiger charge is -2.22. The first-order valence-corrected chi connectivity index (χ1v) is 6.27. The Morgan fingerprint density at radius 1 is 1.32 bits per heavy atom. The first kappa shape index (κ1) is 12.3. The van der Waals surface area contributed by atoms with E-state index in [2.05, 4.69) is 15.4 Å². The van der Waals surface area contributed by atoms with Gasteiger partial charge in [0.2, 0.25) is 0 Å². The number of ether oxygens (including phenoxy) is 1. The van der Waals surface area contributed by atoms with Gasteiger partial charge < -0.3 is 4.74 Å². The molecule has 1 aromatic carbocycles. The Morgan fingerprint density at radius 2 is 2.26 bits per heavy atom. The second kappa shape index (κ2) is 5.46. The summed E-state index contributed by atoms with van der Waals surface area (Å²) in [5.74, 6) is 0.0653.